The molecule has 0 amide bonds. The summed E-state index contributed by atoms with van der Waals surface area (Å²) in [4.78, 5) is 72.9. The van der Waals surface area contributed by atoms with Gasteiger partial charge in [-0.15, -0.1) is 0 Å². The first-order chi connectivity index (χ1) is 49.7. The van der Waals surface area contributed by atoms with Crippen molar-refractivity contribution in [3.8, 4) is 0 Å². The average Bonchev–Trinajstić information content (AvgIpc) is 0.959. The summed E-state index contributed by atoms with van der Waals surface area (Å²) < 4.78 is 68.5. The third-order valence-corrected chi connectivity index (χ3v) is 18.3. The third-order valence-electron chi connectivity index (χ3n) is 16.4. The molecule has 0 aliphatic heterocycles. The summed E-state index contributed by atoms with van der Waals surface area (Å²) in [6.07, 6.45) is 81.8. The minimum Gasteiger partial charge on any atom is -0.462 e. The molecule has 0 heterocycles. The largest absolute Gasteiger partial charge is 0.472 e. The van der Waals surface area contributed by atoms with Gasteiger partial charge in [-0.05, 0) is 161 Å². The Hall–Kier alpha value is -4.54. The van der Waals surface area contributed by atoms with Crippen molar-refractivity contribution in [2.24, 2.45) is 0 Å². The van der Waals surface area contributed by atoms with Crippen molar-refractivity contribution in [3.63, 3.8) is 0 Å². The van der Waals surface area contributed by atoms with Gasteiger partial charge in [-0.25, -0.2) is 9.13 Å². The quantitative estimate of drug-likeness (QED) is 0.0169. The highest BCUT2D eigenvalue weighted by atomic mass is 31.2. The predicted molar refractivity (Wildman–Crippen MR) is 418 cm³/mol. The zero-order valence-corrected chi connectivity index (χ0v) is 65.8. The molecule has 0 aromatic rings. The lowest BCUT2D eigenvalue weighted by atomic mass is 10.1. The van der Waals surface area contributed by atoms with Gasteiger partial charge in [0.25, 0.3) is 0 Å². The van der Waals surface area contributed by atoms with Gasteiger partial charge in [0.15, 0.2) is 12.2 Å². The standard InChI is InChI=1S/C83H142O17P2/c1-5-9-13-17-21-25-29-33-36-38-41-45-48-52-56-60-64-68-81(86)94-74-79(100-83(88)70-66-62-58-54-50-46-42-39-37-34-30-26-22-18-14-10-6-2)76-98-102(91,92)96-72-77(84)71-95-101(89,90)97-75-78(99-82(87)69-65-61-57-53-49-43-32-28-24-20-16-12-8-4)73-93-80(85)67-63-59-55-51-47-44-40-35-31-27-23-19-15-11-7-3/h21-23,25-28,32-37,40-42,45-46,52,56,77-79,84H,5-20,24,29-31,38-39,43-44,47-51,53-55,57-76H2,1-4H3,(H,89,90)(H,91,92)/b25-21-,26-22-,27-23-,32-28-,36-33-,37-34-,40-35-,45-41-,46-42-,56-52-/t77?,78-,79-/m1/s1. The fraction of sp³-hybridized carbons (Fsp3) is 0.711. The van der Waals surface area contributed by atoms with Crippen molar-refractivity contribution in [1.29, 1.82) is 0 Å². The maximum absolute atomic E-state index is 13.1. The molecular formula is C83H142O17P2. The number of phosphoric acid groups is 2. The molecular weight excluding hydrogens is 1330 g/mol. The number of phosphoric ester groups is 2. The number of esters is 4. The Morgan fingerprint density at radius 1 is 0.275 bits per heavy atom. The van der Waals surface area contributed by atoms with Gasteiger partial charge in [0.05, 0.1) is 26.4 Å². The first kappa shape index (κ1) is 97.5. The first-order valence-electron chi connectivity index (χ1n) is 39.8. The van der Waals surface area contributed by atoms with E-state index < -0.39 is 97.5 Å². The summed E-state index contributed by atoms with van der Waals surface area (Å²) in [5, 5.41) is 10.6. The zero-order valence-electron chi connectivity index (χ0n) is 64.0. The van der Waals surface area contributed by atoms with Gasteiger partial charge in [-0.1, -0.05) is 258 Å². The molecule has 0 aliphatic carbocycles. The Bertz CT molecular complexity index is 2410. The van der Waals surface area contributed by atoms with Crippen molar-refractivity contribution in [1.82, 2.24) is 0 Å². The van der Waals surface area contributed by atoms with Gasteiger partial charge in [-0.3, -0.25) is 37.3 Å². The second-order valence-corrected chi connectivity index (χ2v) is 29.2. The van der Waals surface area contributed by atoms with Crippen molar-refractivity contribution in [2.75, 3.05) is 39.6 Å². The van der Waals surface area contributed by atoms with Crippen molar-refractivity contribution < 1.29 is 80.2 Å². The third kappa shape index (κ3) is 73.8. The molecule has 19 heteroatoms. The smallest absolute Gasteiger partial charge is 0.462 e. The topological polar surface area (TPSA) is 237 Å². The minimum absolute atomic E-state index is 0.0552. The molecule has 0 bridgehead atoms. The molecule has 0 radical (unpaired) electrons. The maximum Gasteiger partial charge on any atom is 0.472 e. The van der Waals surface area contributed by atoms with Crippen molar-refractivity contribution in [2.45, 2.75) is 341 Å². The van der Waals surface area contributed by atoms with Gasteiger partial charge in [0.1, 0.15) is 19.3 Å². The van der Waals surface area contributed by atoms with Gasteiger partial charge < -0.3 is 33.8 Å². The molecule has 3 unspecified atom stereocenters. The number of aliphatic hydroxyl groups is 1. The van der Waals surface area contributed by atoms with E-state index in [1.165, 1.54) is 83.5 Å². The summed E-state index contributed by atoms with van der Waals surface area (Å²) in [6.45, 7) is 4.68. The number of ether oxygens (including phenoxy) is 4. The summed E-state index contributed by atoms with van der Waals surface area (Å²) >= 11 is 0. The van der Waals surface area contributed by atoms with E-state index in [9.17, 15) is 43.2 Å². The van der Waals surface area contributed by atoms with E-state index in [4.69, 9.17) is 37.0 Å². The molecule has 5 atom stereocenters. The number of carbonyl (C=O) groups is 4. The number of unbranched alkanes of at least 4 members (excludes halogenated alkanes) is 28. The van der Waals surface area contributed by atoms with E-state index in [0.717, 1.165) is 154 Å². The fourth-order valence-electron chi connectivity index (χ4n) is 10.2. The number of hydrogen-bond donors (Lipinski definition) is 3. The predicted octanol–water partition coefficient (Wildman–Crippen LogP) is 23.1. The molecule has 0 rings (SSSR count). The molecule has 17 nitrogen and oxygen atoms in total. The molecule has 0 saturated heterocycles. The highest BCUT2D eigenvalue weighted by Gasteiger charge is 2.30. The normalized spacial score (nSPS) is 14.5. The summed E-state index contributed by atoms with van der Waals surface area (Å²) in [5.74, 6) is -2.29. The minimum atomic E-state index is -5.00. The lowest BCUT2D eigenvalue weighted by molar-refractivity contribution is -0.161. The number of rotatable bonds is 74. The fourth-order valence-corrected chi connectivity index (χ4v) is 11.8. The van der Waals surface area contributed by atoms with Crippen LogP contribution < -0.4 is 0 Å². The van der Waals surface area contributed by atoms with Crippen LogP contribution in [0.3, 0.4) is 0 Å². The maximum atomic E-state index is 13.1. The Labute approximate surface area is 619 Å². The summed E-state index contributed by atoms with van der Waals surface area (Å²) in [7, 11) is -9.98. The van der Waals surface area contributed by atoms with E-state index in [-0.39, 0.29) is 25.7 Å². The molecule has 102 heavy (non-hydrogen) atoms. The highest BCUT2D eigenvalue weighted by Crippen LogP contribution is 2.45. The van der Waals surface area contributed by atoms with Crippen LogP contribution in [0.15, 0.2) is 122 Å². The lowest BCUT2D eigenvalue weighted by Crippen LogP contribution is -2.30. The Morgan fingerprint density at radius 2 is 0.490 bits per heavy atom. The van der Waals surface area contributed by atoms with Gasteiger partial charge in [0.2, 0.25) is 0 Å². The van der Waals surface area contributed by atoms with Crippen LogP contribution in [0.25, 0.3) is 0 Å². The zero-order chi connectivity index (χ0) is 74.6. The van der Waals surface area contributed by atoms with E-state index in [1.807, 2.05) is 12.2 Å². The van der Waals surface area contributed by atoms with Crippen LogP contribution in [-0.2, 0) is 65.4 Å². The molecule has 586 valence electrons. The van der Waals surface area contributed by atoms with Crippen molar-refractivity contribution >= 4 is 39.5 Å². The van der Waals surface area contributed by atoms with Crippen LogP contribution in [0.2, 0.25) is 0 Å². The molecule has 0 aromatic carbocycles. The molecule has 0 aliphatic rings. The first-order valence-corrected chi connectivity index (χ1v) is 42.8. The van der Waals surface area contributed by atoms with Crippen LogP contribution in [0.5, 0.6) is 0 Å². The Balaban J connectivity index is 5.44. The summed E-state index contributed by atoms with van der Waals surface area (Å²) in [6, 6.07) is 0. The molecule has 0 fully saturated rings. The Kier molecular flexibility index (Phi) is 71.4. The van der Waals surface area contributed by atoms with E-state index in [1.54, 1.807) is 0 Å². The van der Waals surface area contributed by atoms with Crippen LogP contribution in [-0.4, -0.2) is 96.7 Å². The van der Waals surface area contributed by atoms with Crippen LogP contribution in [0.1, 0.15) is 323 Å². The lowest BCUT2D eigenvalue weighted by Gasteiger charge is -2.21. The van der Waals surface area contributed by atoms with E-state index in [0.29, 0.717) is 32.1 Å². The van der Waals surface area contributed by atoms with Crippen LogP contribution in [0.4, 0.5) is 0 Å². The summed E-state index contributed by atoms with van der Waals surface area (Å²) in [5.41, 5.74) is 0. The van der Waals surface area contributed by atoms with Crippen molar-refractivity contribution in [3.05, 3.63) is 122 Å². The highest BCUT2D eigenvalue weighted by molar-refractivity contribution is 7.47. The monoisotopic (exact) mass is 1470 g/mol. The average molecular weight is 1470 g/mol. The van der Waals surface area contributed by atoms with Gasteiger partial charge in [0, 0.05) is 25.7 Å². The molecule has 3 N–H and O–H groups in total. The van der Waals surface area contributed by atoms with Crippen LogP contribution in [0, 0.1) is 0 Å². The molecule has 0 saturated carbocycles. The van der Waals surface area contributed by atoms with E-state index in [2.05, 4.69) is 137 Å². The molecule has 0 aromatic heterocycles. The van der Waals surface area contributed by atoms with E-state index >= 15 is 0 Å². The number of allylic oxidation sites excluding steroid dienone is 20. The number of carbonyl (C=O) groups excluding carboxylic acids is 4. The van der Waals surface area contributed by atoms with Gasteiger partial charge in [-0.2, -0.15) is 0 Å². The Morgan fingerprint density at radius 3 is 0.804 bits per heavy atom. The van der Waals surface area contributed by atoms with Crippen LogP contribution >= 0.6 is 15.6 Å². The van der Waals surface area contributed by atoms with Gasteiger partial charge >= 0.3 is 39.5 Å². The second kappa shape index (κ2) is 74.7. The SMILES string of the molecule is CCCCC/C=C\C/C=C\C/C=C\C/C=C\CCCC(=O)OC[C@H](COP(=O)(O)OCC(O)COP(=O)(O)OC[C@@H](COC(=O)CCCCCCC/C=C\C/C=C\CCCCC)OC(=O)CCCCCCC/C=C\CCCCCC)OC(=O)CCCCCC/C=C\C/C=C\C/C=C\CCCCC. The number of aliphatic hydroxyl groups excluding tert-OH is 1. The second-order valence-electron chi connectivity index (χ2n) is 26.3. The number of hydrogen-bond acceptors (Lipinski definition) is 15. The molecule has 0 spiro atoms.